The molecule has 4 rings (SSSR count). The number of carbonyl (C=O) groups excluding carboxylic acids is 1. The largest absolute Gasteiger partial charge is 0.496 e. The third kappa shape index (κ3) is 3.17. The highest BCUT2D eigenvalue weighted by Crippen LogP contribution is 2.41. The van der Waals surface area contributed by atoms with Gasteiger partial charge in [-0.05, 0) is 57.3 Å². The maximum Gasteiger partial charge on any atom is 0.290 e. The average Bonchev–Trinajstić information content (AvgIpc) is 3.00. The Balaban J connectivity index is 1.99. The summed E-state index contributed by atoms with van der Waals surface area (Å²) in [5, 5.41) is 0.499. The summed E-state index contributed by atoms with van der Waals surface area (Å²) in [4.78, 5) is 30.7. The molecule has 1 unspecified atom stereocenters. The van der Waals surface area contributed by atoms with Gasteiger partial charge in [-0.25, -0.2) is 0 Å². The first-order valence-electron chi connectivity index (χ1n) is 10.00. The molecule has 156 valence electrons. The summed E-state index contributed by atoms with van der Waals surface area (Å²) < 4.78 is 11.6. The number of hydrogen-bond acceptors (Lipinski definition) is 5. The van der Waals surface area contributed by atoms with Crippen LogP contribution < -0.4 is 10.2 Å². The maximum atomic E-state index is 13.6. The van der Waals surface area contributed by atoms with Gasteiger partial charge in [0.25, 0.3) is 5.91 Å². The fraction of sp³-hybridized carbons (Fsp3) is 0.333. The van der Waals surface area contributed by atoms with E-state index in [1.807, 2.05) is 69.2 Å². The fourth-order valence-electron chi connectivity index (χ4n) is 4.03. The van der Waals surface area contributed by atoms with Crippen molar-refractivity contribution in [3.05, 3.63) is 74.6 Å². The summed E-state index contributed by atoms with van der Waals surface area (Å²) in [6.45, 7) is 5.06. The molecule has 0 saturated heterocycles. The first-order chi connectivity index (χ1) is 14.3. The molecule has 1 aliphatic heterocycles. The average molecular weight is 406 g/mol. The van der Waals surface area contributed by atoms with Crippen molar-refractivity contribution < 1.29 is 13.9 Å². The molecule has 1 aromatic heterocycles. The zero-order valence-corrected chi connectivity index (χ0v) is 18.0. The minimum absolute atomic E-state index is 0.130. The van der Waals surface area contributed by atoms with E-state index in [-0.39, 0.29) is 17.1 Å². The molecule has 6 nitrogen and oxygen atoms in total. The first kappa shape index (κ1) is 20.2. The van der Waals surface area contributed by atoms with Crippen LogP contribution in [0.3, 0.4) is 0 Å². The van der Waals surface area contributed by atoms with Gasteiger partial charge in [0.05, 0.1) is 24.1 Å². The Morgan fingerprint density at radius 2 is 1.80 bits per heavy atom. The van der Waals surface area contributed by atoms with Crippen molar-refractivity contribution in [3.8, 4) is 5.75 Å². The van der Waals surface area contributed by atoms with Gasteiger partial charge in [0.1, 0.15) is 11.3 Å². The molecule has 30 heavy (non-hydrogen) atoms. The lowest BCUT2D eigenvalue weighted by molar-refractivity contribution is 0.0715. The van der Waals surface area contributed by atoms with Gasteiger partial charge in [0.2, 0.25) is 5.76 Å². The van der Waals surface area contributed by atoms with Crippen LogP contribution in [0, 0.1) is 13.8 Å². The van der Waals surface area contributed by atoms with Crippen molar-refractivity contribution in [2.24, 2.45) is 0 Å². The van der Waals surface area contributed by atoms with E-state index in [9.17, 15) is 9.59 Å². The smallest absolute Gasteiger partial charge is 0.290 e. The lowest BCUT2D eigenvalue weighted by atomic mass is 9.96. The molecule has 0 aliphatic carbocycles. The molecule has 1 atom stereocenters. The van der Waals surface area contributed by atoms with Crippen molar-refractivity contribution in [1.29, 1.82) is 0 Å². The van der Waals surface area contributed by atoms with Crippen LogP contribution in [0.4, 0.5) is 0 Å². The van der Waals surface area contributed by atoms with Gasteiger partial charge in [-0.2, -0.15) is 0 Å². The molecule has 6 heteroatoms. The molecule has 0 fully saturated rings. The van der Waals surface area contributed by atoms with Gasteiger partial charge >= 0.3 is 0 Å². The van der Waals surface area contributed by atoms with Gasteiger partial charge in [0.15, 0.2) is 5.43 Å². The van der Waals surface area contributed by atoms with E-state index in [1.54, 1.807) is 12.0 Å². The van der Waals surface area contributed by atoms with E-state index in [1.165, 1.54) is 0 Å². The van der Waals surface area contributed by atoms with Gasteiger partial charge < -0.3 is 19.0 Å². The van der Waals surface area contributed by atoms with Crippen LogP contribution in [0.15, 0.2) is 45.6 Å². The van der Waals surface area contributed by atoms with Crippen LogP contribution in [-0.4, -0.2) is 50.0 Å². The zero-order chi connectivity index (χ0) is 21.6. The molecule has 2 aromatic carbocycles. The Morgan fingerprint density at radius 3 is 2.50 bits per heavy atom. The predicted octanol–water partition coefficient (Wildman–Crippen LogP) is 3.53. The zero-order valence-electron chi connectivity index (χ0n) is 18.0. The number of amides is 1. The summed E-state index contributed by atoms with van der Waals surface area (Å²) >= 11 is 0. The molecule has 0 spiro atoms. The van der Waals surface area contributed by atoms with Crippen LogP contribution in [0.25, 0.3) is 11.0 Å². The fourth-order valence-corrected chi connectivity index (χ4v) is 4.03. The standard InChI is InChI=1S/C24H26N2O4/c1-14-12-17-19(13-15(14)2)30-23-20(22(17)27)21(16-8-6-7-9-18(16)29-5)26(24(23)28)11-10-25(3)4/h6-9,12-13,21H,10-11H2,1-5H3. The second-order valence-electron chi connectivity index (χ2n) is 8.05. The molecule has 2 heterocycles. The SMILES string of the molecule is COc1ccccc1C1c2c(oc3cc(C)c(C)cc3c2=O)C(=O)N1CCN(C)C. The monoisotopic (exact) mass is 406 g/mol. The molecule has 1 aliphatic rings. The molecule has 0 saturated carbocycles. The van der Waals surface area contributed by atoms with Crippen LogP contribution in [0.2, 0.25) is 0 Å². The van der Waals surface area contributed by atoms with Gasteiger partial charge in [-0.3, -0.25) is 9.59 Å². The minimum Gasteiger partial charge on any atom is -0.496 e. The van der Waals surface area contributed by atoms with E-state index in [0.717, 1.165) is 16.7 Å². The van der Waals surface area contributed by atoms with Crippen molar-refractivity contribution >= 4 is 16.9 Å². The quantitative estimate of drug-likeness (QED) is 0.649. The minimum atomic E-state index is -0.550. The van der Waals surface area contributed by atoms with Gasteiger partial charge in [0, 0.05) is 18.7 Å². The number of fused-ring (bicyclic) bond motifs is 2. The summed E-state index contributed by atoms with van der Waals surface area (Å²) in [6.07, 6.45) is 0. The lowest BCUT2D eigenvalue weighted by Gasteiger charge is -2.27. The molecular weight excluding hydrogens is 380 g/mol. The first-order valence-corrected chi connectivity index (χ1v) is 10.00. The summed E-state index contributed by atoms with van der Waals surface area (Å²) in [5.41, 5.74) is 3.48. The number of ether oxygens (including phenoxy) is 1. The normalized spacial score (nSPS) is 15.9. The van der Waals surface area contributed by atoms with Crippen molar-refractivity contribution in [3.63, 3.8) is 0 Å². The van der Waals surface area contributed by atoms with Crippen LogP contribution in [0.1, 0.15) is 38.9 Å². The Bertz CT molecular complexity index is 1200. The van der Waals surface area contributed by atoms with Crippen molar-refractivity contribution in [2.45, 2.75) is 19.9 Å². The van der Waals surface area contributed by atoms with Crippen molar-refractivity contribution in [2.75, 3.05) is 34.3 Å². The van der Waals surface area contributed by atoms with E-state index in [4.69, 9.17) is 9.15 Å². The molecule has 0 bridgehead atoms. The topological polar surface area (TPSA) is 63.0 Å². The molecule has 0 N–H and O–H groups in total. The molecule has 3 aromatic rings. The molecular formula is C24H26N2O4. The summed E-state index contributed by atoms with van der Waals surface area (Å²) in [7, 11) is 5.50. The Hall–Kier alpha value is -3.12. The highest BCUT2D eigenvalue weighted by atomic mass is 16.5. The number of nitrogens with zero attached hydrogens (tertiary/aromatic N) is 2. The van der Waals surface area contributed by atoms with E-state index in [0.29, 0.717) is 35.4 Å². The second kappa shape index (κ2) is 7.61. The number of hydrogen-bond donors (Lipinski definition) is 0. The summed E-state index contributed by atoms with van der Waals surface area (Å²) in [5.74, 6) is 0.503. The highest BCUT2D eigenvalue weighted by Gasteiger charge is 2.43. The number of rotatable bonds is 5. The number of likely N-dealkylation sites (N-methyl/N-ethyl adjacent to an activating group) is 1. The Morgan fingerprint density at radius 1 is 1.10 bits per heavy atom. The van der Waals surface area contributed by atoms with E-state index >= 15 is 0 Å². The Kier molecular flexibility index (Phi) is 5.12. The molecule has 1 amide bonds. The van der Waals surface area contributed by atoms with Crippen molar-refractivity contribution in [1.82, 2.24) is 9.80 Å². The lowest BCUT2D eigenvalue weighted by Crippen LogP contribution is -2.35. The maximum absolute atomic E-state index is 13.6. The van der Waals surface area contributed by atoms with E-state index < -0.39 is 6.04 Å². The number of methoxy groups -OCH3 is 1. The third-order valence-electron chi connectivity index (χ3n) is 5.80. The third-order valence-corrected chi connectivity index (χ3v) is 5.80. The van der Waals surface area contributed by atoms with Crippen LogP contribution in [-0.2, 0) is 0 Å². The highest BCUT2D eigenvalue weighted by molar-refractivity contribution is 5.99. The number of benzene rings is 2. The number of aryl methyl sites for hydroxylation is 2. The van der Waals surface area contributed by atoms with Gasteiger partial charge in [-0.1, -0.05) is 18.2 Å². The van der Waals surface area contributed by atoms with Crippen LogP contribution >= 0.6 is 0 Å². The predicted molar refractivity (Wildman–Crippen MR) is 116 cm³/mol. The summed E-state index contributed by atoms with van der Waals surface area (Å²) in [6, 6.07) is 10.6. The number of carbonyl (C=O) groups is 1. The number of para-hydroxylation sites is 1. The Labute approximate surface area is 175 Å². The second-order valence-corrected chi connectivity index (χ2v) is 8.05. The van der Waals surface area contributed by atoms with Crippen LogP contribution in [0.5, 0.6) is 5.75 Å². The van der Waals surface area contributed by atoms with Gasteiger partial charge in [-0.15, -0.1) is 0 Å². The molecule has 0 radical (unpaired) electrons. The van der Waals surface area contributed by atoms with E-state index in [2.05, 4.69) is 0 Å².